The molecule has 0 aliphatic heterocycles. The third kappa shape index (κ3) is 2.39. The van der Waals surface area contributed by atoms with Gasteiger partial charge in [-0.25, -0.2) is 8.78 Å². The Morgan fingerprint density at radius 2 is 2.00 bits per heavy atom. The summed E-state index contributed by atoms with van der Waals surface area (Å²) in [5.74, 6) is -1.60. The second-order valence-corrected chi connectivity index (χ2v) is 4.49. The molecule has 2 rings (SSSR count). The molecular weight excluding hydrogens is 210 g/mol. The summed E-state index contributed by atoms with van der Waals surface area (Å²) in [5.41, 5.74) is 6.44. The first-order valence-electron chi connectivity index (χ1n) is 5.53. The fourth-order valence-electron chi connectivity index (χ4n) is 2.03. The molecule has 1 fully saturated rings. The van der Waals surface area contributed by atoms with Gasteiger partial charge >= 0.3 is 0 Å². The van der Waals surface area contributed by atoms with Crippen molar-refractivity contribution in [3.63, 3.8) is 0 Å². The van der Waals surface area contributed by atoms with Crippen LogP contribution in [0.25, 0.3) is 0 Å². The van der Waals surface area contributed by atoms with E-state index >= 15 is 0 Å². The molecule has 16 heavy (non-hydrogen) atoms. The van der Waals surface area contributed by atoms with E-state index in [1.807, 2.05) is 6.92 Å². The van der Waals surface area contributed by atoms with E-state index in [-0.39, 0.29) is 12.1 Å². The topological polar surface area (TPSA) is 38.0 Å². The van der Waals surface area contributed by atoms with Crippen LogP contribution in [0.3, 0.4) is 0 Å². The number of rotatable bonds is 3. The summed E-state index contributed by atoms with van der Waals surface area (Å²) in [4.78, 5) is 0. The zero-order chi connectivity index (χ0) is 11.7. The minimum Gasteiger partial charge on any atom is -0.328 e. The van der Waals surface area contributed by atoms with E-state index < -0.39 is 11.6 Å². The molecule has 0 spiro atoms. The second kappa shape index (κ2) is 4.47. The van der Waals surface area contributed by atoms with Gasteiger partial charge < -0.3 is 11.1 Å². The number of hydrogen-bond donors (Lipinski definition) is 2. The first kappa shape index (κ1) is 11.5. The van der Waals surface area contributed by atoms with E-state index in [0.29, 0.717) is 6.04 Å². The van der Waals surface area contributed by atoms with E-state index in [2.05, 4.69) is 5.32 Å². The lowest BCUT2D eigenvalue weighted by Crippen LogP contribution is -2.49. The fraction of sp³-hybridized carbons (Fsp3) is 0.500. The molecule has 0 bridgehead atoms. The van der Waals surface area contributed by atoms with Gasteiger partial charge in [-0.2, -0.15) is 0 Å². The molecule has 0 aromatic heterocycles. The van der Waals surface area contributed by atoms with Crippen LogP contribution < -0.4 is 11.1 Å². The standard InChI is InChI=1S/C12H16F2N2/c1-7(16-10-5-9(15)6-10)8-2-3-11(13)12(14)4-8/h2-4,7,9-10,16H,5-6,15H2,1H3. The van der Waals surface area contributed by atoms with Crippen molar-refractivity contribution >= 4 is 0 Å². The maximum Gasteiger partial charge on any atom is 0.159 e. The van der Waals surface area contributed by atoms with Crippen LogP contribution in [0.2, 0.25) is 0 Å². The van der Waals surface area contributed by atoms with Crippen molar-refractivity contribution < 1.29 is 8.78 Å². The van der Waals surface area contributed by atoms with Crippen LogP contribution in [0.1, 0.15) is 31.4 Å². The van der Waals surface area contributed by atoms with Crippen molar-refractivity contribution in [2.75, 3.05) is 0 Å². The van der Waals surface area contributed by atoms with E-state index in [0.717, 1.165) is 24.5 Å². The Kier molecular flexibility index (Phi) is 3.21. The van der Waals surface area contributed by atoms with Crippen molar-refractivity contribution in [2.24, 2.45) is 5.73 Å². The average Bonchev–Trinajstić information content (AvgIpc) is 2.19. The summed E-state index contributed by atoms with van der Waals surface area (Å²) in [5, 5.41) is 3.34. The van der Waals surface area contributed by atoms with Crippen LogP contribution in [-0.4, -0.2) is 12.1 Å². The highest BCUT2D eigenvalue weighted by Gasteiger charge is 2.27. The number of benzene rings is 1. The van der Waals surface area contributed by atoms with Gasteiger partial charge in [0.05, 0.1) is 0 Å². The second-order valence-electron chi connectivity index (χ2n) is 4.49. The molecule has 0 radical (unpaired) electrons. The van der Waals surface area contributed by atoms with Gasteiger partial charge in [0.1, 0.15) is 0 Å². The Hall–Kier alpha value is -1.00. The predicted molar refractivity (Wildman–Crippen MR) is 58.9 cm³/mol. The first-order valence-corrected chi connectivity index (χ1v) is 5.53. The summed E-state index contributed by atoms with van der Waals surface area (Å²) in [6.45, 7) is 1.94. The molecule has 88 valence electrons. The molecule has 1 atom stereocenters. The van der Waals surface area contributed by atoms with E-state index in [1.54, 1.807) is 6.07 Å². The van der Waals surface area contributed by atoms with E-state index in [9.17, 15) is 8.78 Å². The van der Waals surface area contributed by atoms with Gasteiger partial charge in [0.2, 0.25) is 0 Å². The summed E-state index contributed by atoms with van der Waals surface area (Å²) in [6.07, 6.45) is 1.90. The Balaban J connectivity index is 1.97. The normalized spacial score (nSPS) is 26.2. The van der Waals surface area contributed by atoms with E-state index in [1.165, 1.54) is 6.07 Å². The van der Waals surface area contributed by atoms with Gasteiger partial charge in [-0.1, -0.05) is 6.07 Å². The molecule has 1 aliphatic rings. The fourth-order valence-corrected chi connectivity index (χ4v) is 2.03. The summed E-state index contributed by atoms with van der Waals surface area (Å²) >= 11 is 0. The van der Waals surface area contributed by atoms with Crippen LogP contribution in [-0.2, 0) is 0 Å². The van der Waals surface area contributed by atoms with Gasteiger partial charge in [0.25, 0.3) is 0 Å². The molecule has 0 saturated heterocycles. The maximum atomic E-state index is 13.0. The van der Waals surface area contributed by atoms with Crippen molar-refractivity contribution in [3.8, 4) is 0 Å². The Morgan fingerprint density at radius 1 is 1.31 bits per heavy atom. The first-order chi connectivity index (χ1) is 7.56. The average molecular weight is 226 g/mol. The molecule has 1 saturated carbocycles. The molecule has 0 heterocycles. The van der Waals surface area contributed by atoms with Crippen molar-refractivity contribution in [1.29, 1.82) is 0 Å². The molecule has 4 heteroatoms. The van der Waals surface area contributed by atoms with Crippen molar-refractivity contribution in [3.05, 3.63) is 35.4 Å². The SMILES string of the molecule is CC(NC1CC(N)C1)c1ccc(F)c(F)c1. The minimum atomic E-state index is -0.804. The van der Waals surface area contributed by atoms with Gasteiger partial charge in [0, 0.05) is 18.1 Å². The third-order valence-corrected chi connectivity index (χ3v) is 3.10. The molecule has 2 nitrogen and oxygen atoms in total. The van der Waals surface area contributed by atoms with Gasteiger partial charge in [-0.15, -0.1) is 0 Å². The lowest BCUT2D eigenvalue weighted by Gasteiger charge is -2.35. The number of hydrogen-bond acceptors (Lipinski definition) is 2. The highest BCUT2D eigenvalue weighted by atomic mass is 19.2. The van der Waals surface area contributed by atoms with Crippen LogP contribution in [0.15, 0.2) is 18.2 Å². The highest BCUT2D eigenvalue weighted by molar-refractivity contribution is 5.21. The third-order valence-electron chi connectivity index (χ3n) is 3.10. The van der Waals surface area contributed by atoms with Gasteiger partial charge in [0.15, 0.2) is 11.6 Å². The van der Waals surface area contributed by atoms with Gasteiger partial charge in [-0.3, -0.25) is 0 Å². The van der Waals surface area contributed by atoms with Crippen molar-refractivity contribution in [2.45, 2.75) is 37.9 Å². The number of nitrogens with two attached hydrogens (primary N) is 1. The summed E-state index contributed by atoms with van der Waals surface area (Å²) in [7, 11) is 0. The molecular formula is C12H16F2N2. The molecule has 3 N–H and O–H groups in total. The zero-order valence-corrected chi connectivity index (χ0v) is 9.21. The van der Waals surface area contributed by atoms with Crippen LogP contribution in [0.5, 0.6) is 0 Å². The Bertz CT molecular complexity index is 375. The smallest absolute Gasteiger partial charge is 0.159 e. The Labute approximate surface area is 93.8 Å². The molecule has 1 aliphatic carbocycles. The minimum absolute atomic E-state index is 0.0209. The molecule has 1 unspecified atom stereocenters. The quantitative estimate of drug-likeness (QED) is 0.828. The Morgan fingerprint density at radius 3 is 2.56 bits per heavy atom. The van der Waals surface area contributed by atoms with Crippen LogP contribution >= 0.6 is 0 Å². The van der Waals surface area contributed by atoms with Gasteiger partial charge in [-0.05, 0) is 37.5 Å². The largest absolute Gasteiger partial charge is 0.328 e. The number of nitrogens with one attached hydrogen (secondary N) is 1. The monoisotopic (exact) mass is 226 g/mol. The molecule has 0 amide bonds. The molecule has 1 aromatic carbocycles. The zero-order valence-electron chi connectivity index (χ0n) is 9.21. The van der Waals surface area contributed by atoms with Crippen LogP contribution in [0, 0.1) is 11.6 Å². The molecule has 1 aromatic rings. The van der Waals surface area contributed by atoms with Crippen LogP contribution in [0.4, 0.5) is 8.78 Å². The van der Waals surface area contributed by atoms with Crippen molar-refractivity contribution in [1.82, 2.24) is 5.32 Å². The van der Waals surface area contributed by atoms with E-state index in [4.69, 9.17) is 5.73 Å². The lowest BCUT2D eigenvalue weighted by atomic mass is 9.87. The number of halogens is 2. The highest BCUT2D eigenvalue weighted by Crippen LogP contribution is 2.23. The predicted octanol–water partition coefficient (Wildman–Crippen LogP) is 2.11. The summed E-state index contributed by atoms with van der Waals surface area (Å²) < 4.78 is 25.8. The lowest BCUT2D eigenvalue weighted by molar-refractivity contribution is 0.272. The summed E-state index contributed by atoms with van der Waals surface area (Å²) in [6, 6.07) is 4.72. The maximum absolute atomic E-state index is 13.0.